The number of nitrogens with zero attached hydrogens (tertiary/aromatic N) is 1. The van der Waals surface area contributed by atoms with Crippen LogP contribution in [-0.4, -0.2) is 34.8 Å². The van der Waals surface area contributed by atoms with E-state index in [1.54, 1.807) is 0 Å². The Bertz CT molecular complexity index is 371. The molecule has 0 aromatic rings. The monoisotopic (exact) mass is 296 g/mol. The van der Waals surface area contributed by atoms with Gasteiger partial charge in [-0.15, -0.1) is 0 Å². The van der Waals surface area contributed by atoms with Gasteiger partial charge in [-0.25, -0.2) is 0 Å². The van der Waals surface area contributed by atoms with Gasteiger partial charge in [0, 0.05) is 6.54 Å². The SMILES string of the molecule is CCC(CC)CN1C(=O)C(CC)(CC)NC(=O)C1C(C)C. The lowest BCUT2D eigenvalue weighted by molar-refractivity contribution is -0.158. The molecule has 1 aliphatic heterocycles. The Kier molecular flexibility index (Phi) is 6.24. The van der Waals surface area contributed by atoms with E-state index in [9.17, 15) is 9.59 Å². The van der Waals surface area contributed by atoms with Crippen LogP contribution in [0.25, 0.3) is 0 Å². The molecule has 21 heavy (non-hydrogen) atoms. The molecule has 1 saturated heterocycles. The highest BCUT2D eigenvalue weighted by Crippen LogP contribution is 2.29. The van der Waals surface area contributed by atoms with Gasteiger partial charge < -0.3 is 10.2 Å². The third-order valence-electron chi connectivity index (χ3n) is 5.09. The van der Waals surface area contributed by atoms with E-state index < -0.39 is 5.54 Å². The Morgan fingerprint density at radius 1 is 1.10 bits per heavy atom. The Labute approximate surface area is 129 Å². The summed E-state index contributed by atoms with van der Waals surface area (Å²) in [6.07, 6.45) is 3.38. The summed E-state index contributed by atoms with van der Waals surface area (Å²) in [7, 11) is 0. The minimum atomic E-state index is -0.700. The van der Waals surface area contributed by atoms with Crippen molar-refractivity contribution >= 4 is 11.8 Å². The maximum absolute atomic E-state index is 13.0. The highest BCUT2D eigenvalue weighted by Gasteiger charge is 2.49. The lowest BCUT2D eigenvalue weighted by atomic mass is 9.84. The van der Waals surface area contributed by atoms with Gasteiger partial charge >= 0.3 is 0 Å². The standard InChI is InChI=1S/C17H32N2O2/c1-7-13(8-2)11-19-14(12(5)6)15(20)18-17(9-3,10-4)16(19)21/h12-14H,7-11H2,1-6H3,(H,18,20). The zero-order chi connectivity index (χ0) is 16.2. The van der Waals surface area contributed by atoms with E-state index in [0.29, 0.717) is 25.3 Å². The van der Waals surface area contributed by atoms with Gasteiger partial charge in [-0.05, 0) is 24.7 Å². The van der Waals surface area contributed by atoms with E-state index in [2.05, 4.69) is 19.2 Å². The van der Waals surface area contributed by atoms with Crippen molar-refractivity contribution in [2.24, 2.45) is 11.8 Å². The van der Waals surface area contributed by atoms with Gasteiger partial charge in [0.25, 0.3) is 0 Å². The second kappa shape index (κ2) is 7.28. The first-order valence-corrected chi connectivity index (χ1v) is 8.49. The molecule has 1 heterocycles. The largest absolute Gasteiger partial charge is 0.340 e. The summed E-state index contributed by atoms with van der Waals surface area (Å²) in [6, 6.07) is -0.329. The van der Waals surface area contributed by atoms with Gasteiger partial charge in [0.05, 0.1) is 0 Å². The zero-order valence-corrected chi connectivity index (χ0v) is 14.5. The first-order chi connectivity index (χ1) is 9.86. The van der Waals surface area contributed by atoms with Crippen molar-refractivity contribution in [3.05, 3.63) is 0 Å². The molecular weight excluding hydrogens is 264 g/mol. The van der Waals surface area contributed by atoms with E-state index in [1.807, 2.05) is 32.6 Å². The summed E-state index contributed by atoms with van der Waals surface area (Å²) in [4.78, 5) is 27.5. The minimum absolute atomic E-state index is 0.0132. The molecule has 0 aliphatic carbocycles. The second-order valence-corrected chi connectivity index (χ2v) is 6.61. The number of carbonyl (C=O) groups is 2. The second-order valence-electron chi connectivity index (χ2n) is 6.61. The van der Waals surface area contributed by atoms with Crippen molar-refractivity contribution in [2.75, 3.05) is 6.54 Å². The Morgan fingerprint density at radius 2 is 1.62 bits per heavy atom. The van der Waals surface area contributed by atoms with E-state index in [0.717, 1.165) is 12.8 Å². The van der Waals surface area contributed by atoms with Crippen LogP contribution in [0.4, 0.5) is 0 Å². The van der Waals surface area contributed by atoms with Crippen molar-refractivity contribution < 1.29 is 9.59 Å². The molecule has 122 valence electrons. The fourth-order valence-electron chi connectivity index (χ4n) is 3.32. The quantitative estimate of drug-likeness (QED) is 0.785. The van der Waals surface area contributed by atoms with Crippen molar-refractivity contribution in [1.82, 2.24) is 10.2 Å². The molecule has 0 radical (unpaired) electrons. The Hall–Kier alpha value is -1.06. The van der Waals surface area contributed by atoms with Crippen LogP contribution in [0.1, 0.15) is 67.2 Å². The molecule has 1 unspecified atom stereocenters. The average Bonchev–Trinajstić information content (AvgIpc) is 2.47. The summed E-state index contributed by atoms with van der Waals surface area (Å²) < 4.78 is 0. The predicted octanol–water partition coefficient (Wildman–Crippen LogP) is 2.96. The third-order valence-corrected chi connectivity index (χ3v) is 5.09. The summed E-state index contributed by atoms with van der Waals surface area (Å²) in [6.45, 7) is 13.0. The normalized spacial score (nSPS) is 22.1. The minimum Gasteiger partial charge on any atom is -0.340 e. The molecule has 1 atom stereocenters. The highest BCUT2D eigenvalue weighted by atomic mass is 16.2. The van der Waals surface area contributed by atoms with Gasteiger partial charge in [0.15, 0.2) is 0 Å². The Balaban J connectivity index is 3.14. The van der Waals surface area contributed by atoms with Crippen LogP contribution in [0.3, 0.4) is 0 Å². The van der Waals surface area contributed by atoms with E-state index in [4.69, 9.17) is 0 Å². The summed E-state index contributed by atoms with van der Waals surface area (Å²) in [5.74, 6) is 0.722. The first-order valence-electron chi connectivity index (χ1n) is 8.49. The molecule has 4 heteroatoms. The molecule has 0 aromatic carbocycles. The van der Waals surface area contributed by atoms with Crippen LogP contribution in [0.2, 0.25) is 0 Å². The molecule has 1 aliphatic rings. The lowest BCUT2D eigenvalue weighted by Gasteiger charge is -2.47. The molecular formula is C17H32N2O2. The van der Waals surface area contributed by atoms with Gasteiger partial charge in [0.1, 0.15) is 11.6 Å². The van der Waals surface area contributed by atoms with Crippen LogP contribution in [0, 0.1) is 11.8 Å². The molecule has 0 spiro atoms. The topological polar surface area (TPSA) is 49.4 Å². The average molecular weight is 296 g/mol. The molecule has 4 nitrogen and oxygen atoms in total. The lowest BCUT2D eigenvalue weighted by Crippen LogP contribution is -2.71. The fourth-order valence-corrected chi connectivity index (χ4v) is 3.32. The molecule has 0 aromatic heterocycles. The number of piperazine rings is 1. The number of rotatable bonds is 7. The van der Waals surface area contributed by atoms with Crippen LogP contribution < -0.4 is 5.32 Å². The number of hydrogen-bond donors (Lipinski definition) is 1. The van der Waals surface area contributed by atoms with E-state index in [-0.39, 0.29) is 23.8 Å². The summed E-state index contributed by atoms with van der Waals surface area (Å²) in [5.41, 5.74) is -0.700. The molecule has 1 rings (SSSR count). The Morgan fingerprint density at radius 3 is 2.00 bits per heavy atom. The van der Waals surface area contributed by atoms with Gasteiger partial charge in [-0.2, -0.15) is 0 Å². The number of nitrogens with one attached hydrogen (secondary N) is 1. The fraction of sp³-hybridized carbons (Fsp3) is 0.882. The van der Waals surface area contributed by atoms with Crippen LogP contribution >= 0.6 is 0 Å². The molecule has 0 saturated carbocycles. The first kappa shape index (κ1) is 18.0. The molecule has 1 N–H and O–H groups in total. The highest BCUT2D eigenvalue weighted by molar-refractivity contribution is 5.99. The summed E-state index contributed by atoms with van der Waals surface area (Å²) in [5, 5.41) is 3.02. The van der Waals surface area contributed by atoms with Crippen LogP contribution in [0.5, 0.6) is 0 Å². The van der Waals surface area contributed by atoms with Crippen molar-refractivity contribution in [3.63, 3.8) is 0 Å². The van der Waals surface area contributed by atoms with E-state index in [1.165, 1.54) is 0 Å². The smallest absolute Gasteiger partial charge is 0.249 e. The maximum Gasteiger partial charge on any atom is 0.249 e. The third kappa shape index (κ3) is 3.41. The summed E-state index contributed by atoms with van der Waals surface area (Å²) >= 11 is 0. The van der Waals surface area contributed by atoms with Crippen molar-refractivity contribution in [3.8, 4) is 0 Å². The van der Waals surface area contributed by atoms with Gasteiger partial charge in [-0.3, -0.25) is 9.59 Å². The predicted molar refractivity (Wildman–Crippen MR) is 85.9 cm³/mol. The van der Waals surface area contributed by atoms with Crippen LogP contribution in [0.15, 0.2) is 0 Å². The van der Waals surface area contributed by atoms with Gasteiger partial charge in [0.2, 0.25) is 11.8 Å². The number of hydrogen-bond acceptors (Lipinski definition) is 2. The molecule has 2 amide bonds. The van der Waals surface area contributed by atoms with Crippen molar-refractivity contribution in [1.29, 1.82) is 0 Å². The van der Waals surface area contributed by atoms with E-state index >= 15 is 0 Å². The number of amides is 2. The molecule has 0 bridgehead atoms. The number of carbonyl (C=O) groups excluding carboxylic acids is 2. The van der Waals surface area contributed by atoms with Crippen molar-refractivity contribution in [2.45, 2.75) is 78.8 Å². The zero-order valence-electron chi connectivity index (χ0n) is 14.5. The van der Waals surface area contributed by atoms with Crippen LogP contribution in [-0.2, 0) is 9.59 Å². The van der Waals surface area contributed by atoms with Gasteiger partial charge in [-0.1, -0.05) is 54.4 Å². The molecule has 1 fully saturated rings. The maximum atomic E-state index is 13.0.